The number of carbonyl (C=O) groups excluding carboxylic acids is 1. The molecule has 1 aliphatic carbocycles. The van der Waals surface area contributed by atoms with Crippen molar-refractivity contribution in [3.8, 4) is 22.6 Å². The molecule has 1 amide bonds. The van der Waals surface area contributed by atoms with Crippen molar-refractivity contribution in [2.24, 2.45) is 0 Å². The highest BCUT2D eigenvalue weighted by atomic mass is 16.3. The first-order chi connectivity index (χ1) is 10.8. The van der Waals surface area contributed by atoms with E-state index in [0.29, 0.717) is 17.6 Å². The van der Waals surface area contributed by atoms with Crippen molar-refractivity contribution >= 4 is 5.91 Å². The predicted octanol–water partition coefficient (Wildman–Crippen LogP) is 3.23. The number of nitrogens with zero attached hydrogens (tertiary/aromatic N) is 1. The zero-order valence-electron chi connectivity index (χ0n) is 11.9. The molecule has 0 radical (unpaired) electrons. The zero-order chi connectivity index (χ0) is 14.9. The van der Waals surface area contributed by atoms with Gasteiger partial charge in [0.1, 0.15) is 5.76 Å². The van der Waals surface area contributed by atoms with Gasteiger partial charge >= 0.3 is 0 Å². The summed E-state index contributed by atoms with van der Waals surface area (Å²) in [5.74, 6) is 0.898. The van der Waals surface area contributed by atoms with Crippen LogP contribution in [0.1, 0.15) is 23.4 Å². The Kier molecular flexibility index (Phi) is 3.04. The number of H-pyrrole nitrogens is 1. The molecule has 0 saturated heterocycles. The maximum atomic E-state index is 12.0. The average molecular weight is 293 g/mol. The maximum absolute atomic E-state index is 12.0. The molecular weight excluding hydrogens is 278 g/mol. The van der Waals surface area contributed by atoms with Crippen molar-refractivity contribution in [3.05, 3.63) is 54.4 Å². The molecule has 110 valence electrons. The molecule has 5 nitrogen and oxygen atoms in total. The zero-order valence-corrected chi connectivity index (χ0v) is 11.9. The van der Waals surface area contributed by atoms with Crippen LogP contribution >= 0.6 is 0 Å². The van der Waals surface area contributed by atoms with E-state index >= 15 is 0 Å². The molecule has 0 spiro atoms. The number of hydrogen-bond donors (Lipinski definition) is 2. The van der Waals surface area contributed by atoms with Gasteiger partial charge in [-0.1, -0.05) is 18.2 Å². The molecule has 2 aromatic heterocycles. The van der Waals surface area contributed by atoms with E-state index in [1.807, 2.05) is 36.4 Å². The lowest BCUT2D eigenvalue weighted by Gasteiger charge is -2.02. The molecule has 3 aromatic rings. The van der Waals surface area contributed by atoms with E-state index < -0.39 is 0 Å². The second kappa shape index (κ2) is 5.18. The Hall–Kier alpha value is -2.82. The van der Waals surface area contributed by atoms with Gasteiger partial charge in [-0.15, -0.1) is 0 Å². The molecule has 2 N–H and O–H groups in total. The summed E-state index contributed by atoms with van der Waals surface area (Å²) in [7, 11) is 0. The fraction of sp³-hybridized carbons (Fsp3) is 0.176. The summed E-state index contributed by atoms with van der Waals surface area (Å²) in [4.78, 5) is 12.0. The van der Waals surface area contributed by atoms with Gasteiger partial charge in [0.15, 0.2) is 5.76 Å². The minimum absolute atomic E-state index is 0.140. The third kappa shape index (κ3) is 2.53. The van der Waals surface area contributed by atoms with Crippen LogP contribution in [0.5, 0.6) is 0 Å². The Morgan fingerprint density at radius 2 is 2.05 bits per heavy atom. The Bertz CT molecular complexity index is 801. The predicted molar refractivity (Wildman–Crippen MR) is 82.2 cm³/mol. The Labute approximate surface area is 127 Å². The van der Waals surface area contributed by atoms with Gasteiger partial charge in [-0.25, -0.2) is 0 Å². The van der Waals surface area contributed by atoms with Crippen molar-refractivity contribution in [2.75, 3.05) is 0 Å². The van der Waals surface area contributed by atoms with Gasteiger partial charge in [0.2, 0.25) is 0 Å². The molecule has 4 rings (SSSR count). The van der Waals surface area contributed by atoms with E-state index in [4.69, 9.17) is 4.42 Å². The standard InChI is InChI=1S/C17H15N3O2/c21-17(19-13-4-5-13)16-7-6-15(22-16)12-3-1-2-11(10-12)14-8-9-18-20-14/h1-3,6-10,13H,4-5H2,(H,18,20)(H,19,21). The third-order valence-electron chi connectivity index (χ3n) is 3.70. The molecule has 0 bridgehead atoms. The number of furan rings is 1. The summed E-state index contributed by atoms with van der Waals surface area (Å²) in [6.45, 7) is 0. The smallest absolute Gasteiger partial charge is 0.287 e. The summed E-state index contributed by atoms with van der Waals surface area (Å²) in [6.07, 6.45) is 3.84. The van der Waals surface area contributed by atoms with Crippen molar-refractivity contribution in [1.29, 1.82) is 0 Å². The van der Waals surface area contributed by atoms with Crippen LogP contribution in [0.3, 0.4) is 0 Å². The molecule has 1 fully saturated rings. The summed E-state index contributed by atoms with van der Waals surface area (Å²) < 4.78 is 5.69. The second-order valence-corrected chi connectivity index (χ2v) is 5.46. The monoisotopic (exact) mass is 293 g/mol. The van der Waals surface area contributed by atoms with Crippen LogP contribution in [-0.4, -0.2) is 22.1 Å². The summed E-state index contributed by atoms with van der Waals surface area (Å²) in [5, 5.41) is 9.82. The van der Waals surface area contributed by atoms with E-state index in [1.165, 1.54) is 0 Å². The Morgan fingerprint density at radius 1 is 1.18 bits per heavy atom. The molecule has 0 atom stereocenters. The van der Waals surface area contributed by atoms with Gasteiger partial charge < -0.3 is 9.73 Å². The van der Waals surface area contributed by atoms with Crippen molar-refractivity contribution in [1.82, 2.24) is 15.5 Å². The lowest BCUT2D eigenvalue weighted by atomic mass is 10.1. The molecule has 22 heavy (non-hydrogen) atoms. The van der Waals surface area contributed by atoms with E-state index in [9.17, 15) is 4.79 Å². The van der Waals surface area contributed by atoms with E-state index in [0.717, 1.165) is 29.7 Å². The third-order valence-corrected chi connectivity index (χ3v) is 3.70. The van der Waals surface area contributed by atoms with Gasteiger partial charge in [0.05, 0.1) is 5.69 Å². The van der Waals surface area contributed by atoms with E-state index in [2.05, 4.69) is 15.5 Å². The lowest BCUT2D eigenvalue weighted by molar-refractivity contribution is 0.0924. The summed E-state index contributed by atoms with van der Waals surface area (Å²) in [5.41, 5.74) is 2.90. The molecule has 2 heterocycles. The molecule has 1 aromatic carbocycles. The maximum Gasteiger partial charge on any atom is 0.287 e. The molecule has 5 heteroatoms. The highest BCUT2D eigenvalue weighted by molar-refractivity contribution is 5.92. The number of benzene rings is 1. The molecule has 1 saturated carbocycles. The first-order valence-electron chi connectivity index (χ1n) is 7.30. The molecular formula is C17H15N3O2. The molecule has 0 unspecified atom stereocenters. The van der Waals surface area contributed by atoms with Gasteiger partial charge in [0, 0.05) is 23.4 Å². The molecule has 0 aliphatic heterocycles. The van der Waals surface area contributed by atoms with Crippen LogP contribution in [0.2, 0.25) is 0 Å². The van der Waals surface area contributed by atoms with Gasteiger partial charge in [-0.05, 0) is 37.1 Å². The van der Waals surface area contributed by atoms with E-state index in [1.54, 1.807) is 12.3 Å². The van der Waals surface area contributed by atoms with Crippen LogP contribution < -0.4 is 5.32 Å². The van der Waals surface area contributed by atoms with Crippen LogP contribution in [0.4, 0.5) is 0 Å². The van der Waals surface area contributed by atoms with Crippen molar-refractivity contribution < 1.29 is 9.21 Å². The number of aromatic nitrogens is 2. The Morgan fingerprint density at radius 3 is 2.82 bits per heavy atom. The first kappa shape index (κ1) is 12.9. The van der Waals surface area contributed by atoms with Crippen LogP contribution in [0.15, 0.2) is 53.1 Å². The SMILES string of the molecule is O=C(NC1CC1)c1ccc(-c2cccc(-c3ccn[nH]3)c2)o1. The van der Waals surface area contributed by atoms with Crippen molar-refractivity contribution in [2.45, 2.75) is 18.9 Å². The highest BCUT2D eigenvalue weighted by Gasteiger charge is 2.25. The quantitative estimate of drug-likeness (QED) is 0.775. The topological polar surface area (TPSA) is 70.9 Å². The largest absolute Gasteiger partial charge is 0.451 e. The summed E-state index contributed by atoms with van der Waals surface area (Å²) in [6, 6.07) is 13.7. The van der Waals surface area contributed by atoms with Gasteiger partial charge in [-0.2, -0.15) is 5.10 Å². The summed E-state index contributed by atoms with van der Waals surface area (Å²) >= 11 is 0. The Balaban J connectivity index is 1.60. The van der Waals surface area contributed by atoms with Crippen molar-refractivity contribution in [3.63, 3.8) is 0 Å². The average Bonchev–Trinajstić information content (AvgIpc) is 3.06. The first-order valence-corrected chi connectivity index (χ1v) is 7.30. The normalized spacial score (nSPS) is 14.0. The van der Waals surface area contributed by atoms with Crippen LogP contribution in [0.25, 0.3) is 22.6 Å². The van der Waals surface area contributed by atoms with Crippen LogP contribution in [-0.2, 0) is 0 Å². The number of rotatable bonds is 4. The minimum Gasteiger partial charge on any atom is -0.451 e. The number of amides is 1. The lowest BCUT2D eigenvalue weighted by Crippen LogP contribution is -2.24. The van der Waals surface area contributed by atoms with Gasteiger partial charge in [0.25, 0.3) is 5.91 Å². The fourth-order valence-electron chi connectivity index (χ4n) is 2.36. The fourth-order valence-corrected chi connectivity index (χ4v) is 2.36. The van der Waals surface area contributed by atoms with Gasteiger partial charge in [-0.3, -0.25) is 9.89 Å². The molecule has 1 aliphatic rings. The highest BCUT2D eigenvalue weighted by Crippen LogP contribution is 2.27. The number of carbonyl (C=O) groups is 1. The minimum atomic E-state index is -0.140. The number of nitrogens with one attached hydrogen (secondary N) is 2. The number of aromatic amines is 1. The second-order valence-electron chi connectivity index (χ2n) is 5.46. The van der Waals surface area contributed by atoms with E-state index in [-0.39, 0.29) is 5.91 Å². The number of hydrogen-bond acceptors (Lipinski definition) is 3. The van der Waals surface area contributed by atoms with Crippen LogP contribution in [0, 0.1) is 0 Å².